The van der Waals surface area contributed by atoms with E-state index in [0.717, 1.165) is 17.7 Å². The molecule has 1 fully saturated rings. The van der Waals surface area contributed by atoms with Gasteiger partial charge in [0, 0.05) is 17.0 Å². The van der Waals surface area contributed by atoms with E-state index in [2.05, 4.69) is 41.8 Å². The first-order valence-electron chi connectivity index (χ1n) is 7.85. The second-order valence-electron chi connectivity index (χ2n) is 5.92. The fourth-order valence-corrected chi connectivity index (χ4v) is 3.15. The van der Waals surface area contributed by atoms with Crippen molar-refractivity contribution in [2.24, 2.45) is 5.92 Å². The van der Waals surface area contributed by atoms with Crippen LogP contribution in [-0.2, 0) is 4.79 Å². The van der Waals surface area contributed by atoms with E-state index in [4.69, 9.17) is 0 Å². The third-order valence-corrected chi connectivity index (χ3v) is 4.96. The van der Waals surface area contributed by atoms with Crippen LogP contribution in [0.15, 0.2) is 46.5 Å². The number of amides is 2. The number of hydrogen-bond donors (Lipinski definition) is 2. The Morgan fingerprint density at radius 3 is 2.62 bits per heavy atom. The second-order valence-corrected chi connectivity index (χ2v) is 6.98. The van der Waals surface area contributed by atoms with Crippen LogP contribution in [0.3, 0.4) is 0 Å². The average molecular weight is 341 g/mol. The van der Waals surface area contributed by atoms with Crippen LogP contribution in [0.25, 0.3) is 0 Å². The monoisotopic (exact) mass is 341 g/mol. The van der Waals surface area contributed by atoms with Gasteiger partial charge in [0.05, 0.1) is 5.56 Å². The Bertz CT molecular complexity index is 788. The maximum atomic E-state index is 12.3. The van der Waals surface area contributed by atoms with Crippen molar-refractivity contribution in [1.29, 1.82) is 0 Å². The highest BCUT2D eigenvalue weighted by Gasteiger charge is 2.30. The Morgan fingerprint density at radius 2 is 1.92 bits per heavy atom. The molecule has 0 unspecified atom stereocenters. The lowest BCUT2D eigenvalue weighted by atomic mass is 10.1. The standard InChI is InChI=1S/C18H19N3O2S/c1-11-5-8-14(10-12(11)2)24-18-15(4-3-9-19-18)17(23)21-20-16(22)13-6-7-13/h3-5,8-10,13H,6-7H2,1-2H3,(H,20,22)(H,21,23). The third kappa shape index (κ3) is 3.94. The van der Waals surface area contributed by atoms with Crippen LogP contribution in [0.5, 0.6) is 0 Å². The van der Waals surface area contributed by atoms with E-state index in [-0.39, 0.29) is 17.7 Å². The molecule has 6 heteroatoms. The van der Waals surface area contributed by atoms with Crippen molar-refractivity contribution >= 4 is 23.6 Å². The summed E-state index contributed by atoms with van der Waals surface area (Å²) in [5, 5.41) is 0.610. The number of hydrazine groups is 1. The number of hydrogen-bond acceptors (Lipinski definition) is 4. The highest BCUT2D eigenvalue weighted by Crippen LogP contribution is 2.30. The zero-order valence-corrected chi connectivity index (χ0v) is 14.4. The van der Waals surface area contributed by atoms with Gasteiger partial charge in [0.1, 0.15) is 5.03 Å². The van der Waals surface area contributed by atoms with Crippen molar-refractivity contribution in [3.05, 3.63) is 53.2 Å². The summed E-state index contributed by atoms with van der Waals surface area (Å²) in [5.74, 6) is -0.442. The van der Waals surface area contributed by atoms with Gasteiger partial charge >= 0.3 is 0 Å². The number of benzene rings is 1. The summed E-state index contributed by atoms with van der Waals surface area (Å²) in [6, 6.07) is 9.55. The summed E-state index contributed by atoms with van der Waals surface area (Å²) >= 11 is 1.43. The van der Waals surface area contributed by atoms with Gasteiger partial charge in [-0.05, 0) is 62.1 Å². The minimum atomic E-state index is -0.358. The summed E-state index contributed by atoms with van der Waals surface area (Å²) in [6.07, 6.45) is 3.44. The van der Waals surface area contributed by atoms with Gasteiger partial charge in [-0.25, -0.2) is 4.98 Å². The van der Waals surface area contributed by atoms with Crippen molar-refractivity contribution < 1.29 is 9.59 Å². The number of nitrogens with zero attached hydrogens (tertiary/aromatic N) is 1. The molecule has 2 amide bonds. The molecule has 3 rings (SSSR count). The first-order valence-corrected chi connectivity index (χ1v) is 8.66. The third-order valence-electron chi connectivity index (χ3n) is 3.96. The molecule has 1 aromatic heterocycles. The maximum Gasteiger partial charge on any atom is 0.272 e. The molecule has 2 N–H and O–H groups in total. The SMILES string of the molecule is Cc1ccc(Sc2ncccc2C(=O)NNC(=O)C2CC2)cc1C. The smallest absolute Gasteiger partial charge is 0.272 e. The minimum absolute atomic E-state index is 0.0450. The van der Waals surface area contributed by atoms with Crippen LogP contribution in [-0.4, -0.2) is 16.8 Å². The van der Waals surface area contributed by atoms with Gasteiger partial charge in [0.2, 0.25) is 5.91 Å². The van der Waals surface area contributed by atoms with Gasteiger partial charge in [0.15, 0.2) is 0 Å². The van der Waals surface area contributed by atoms with Crippen LogP contribution in [0.2, 0.25) is 0 Å². The number of rotatable bonds is 4. The van der Waals surface area contributed by atoms with Crippen molar-refractivity contribution in [2.45, 2.75) is 36.6 Å². The van der Waals surface area contributed by atoms with Crippen molar-refractivity contribution in [3.8, 4) is 0 Å². The van der Waals surface area contributed by atoms with Crippen LogP contribution >= 0.6 is 11.8 Å². The molecule has 1 heterocycles. The molecule has 1 aliphatic carbocycles. The number of aryl methyl sites for hydroxylation is 2. The Kier molecular flexibility index (Phi) is 4.85. The quantitative estimate of drug-likeness (QED) is 0.839. The number of aromatic nitrogens is 1. The molecule has 1 aromatic carbocycles. The van der Waals surface area contributed by atoms with E-state index < -0.39 is 0 Å². The van der Waals surface area contributed by atoms with Crippen LogP contribution in [0.4, 0.5) is 0 Å². The number of nitrogens with one attached hydrogen (secondary N) is 2. The van der Waals surface area contributed by atoms with Crippen molar-refractivity contribution in [3.63, 3.8) is 0 Å². The maximum absolute atomic E-state index is 12.3. The summed E-state index contributed by atoms with van der Waals surface area (Å²) < 4.78 is 0. The van der Waals surface area contributed by atoms with Crippen LogP contribution in [0, 0.1) is 19.8 Å². The first kappa shape index (κ1) is 16.5. The Morgan fingerprint density at radius 1 is 1.12 bits per heavy atom. The molecular weight excluding hydrogens is 322 g/mol. The van der Waals surface area contributed by atoms with Gasteiger partial charge in [-0.15, -0.1) is 0 Å². The van der Waals surface area contributed by atoms with E-state index in [0.29, 0.717) is 10.6 Å². The highest BCUT2D eigenvalue weighted by atomic mass is 32.2. The molecule has 124 valence electrons. The normalized spacial score (nSPS) is 13.4. The Hall–Kier alpha value is -2.34. The minimum Gasteiger partial charge on any atom is -0.273 e. The molecule has 0 bridgehead atoms. The van der Waals surface area contributed by atoms with Gasteiger partial charge in [0.25, 0.3) is 5.91 Å². The van der Waals surface area contributed by atoms with E-state index in [1.54, 1.807) is 18.3 Å². The molecule has 2 aromatic rings. The molecular formula is C18H19N3O2S. The molecule has 0 spiro atoms. The van der Waals surface area contributed by atoms with Gasteiger partial charge < -0.3 is 0 Å². The predicted octanol–water partition coefficient (Wildman–Crippen LogP) is 3.02. The van der Waals surface area contributed by atoms with Gasteiger partial charge in [-0.1, -0.05) is 17.8 Å². The molecule has 0 atom stereocenters. The summed E-state index contributed by atoms with van der Waals surface area (Å²) in [5.41, 5.74) is 7.81. The summed E-state index contributed by atoms with van der Waals surface area (Å²) in [6.45, 7) is 4.12. The van der Waals surface area contributed by atoms with E-state index in [1.165, 1.54) is 22.9 Å². The summed E-state index contributed by atoms with van der Waals surface area (Å²) in [7, 11) is 0. The molecule has 5 nitrogen and oxygen atoms in total. The molecule has 0 saturated heterocycles. The van der Waals surface area contributed by atoms with Crippen LogP contribution in [0.1, 0.15) is 34.3 Å². The lowest BCUT2D eigenvalue weighted by molar-refractivity contribution is -0.123. The number of pyridine rings is 1. The van der Waals surface area contributed by atoms with E-state index >= 15 is 0 Å². The first-order chi connectivity index (χ1) is 11.5. The largest absolute Gasteiger partial charge is 0.273 e. The lowest BCUT2D eigenvalue weighted by Crippen LogP contribution is -2.42. The van der Waals surface area contributed by atoms with E-state index in [1.807, 2.05) is 6.07 Å². The van der Waals surface area contributed by atoms with Crippen molar-refractivity contribution in [1.82, 2.24) is 15.8 Å². The molecule has 0 radical (unpaired) electrons. The highest BCUT2D eigenvalue weighted by molar-refractivity contribution is 7.99. The summed E-state index contributed by atoms with van der Waals surface area (Å²) in [4.78, 5) is 29.3. The Balaban J connectivity index is 1.72. The molecule has 24 heavy (non-hydrogen) atoms. The fraction of sp³-hybridized carbons (Fsp3) is 0.278. The second kappa shape index (κ2) is 7.05. The average Bonchev–Trinajstić information content (AvgIpc) is 3.41. The molecule has 0 aliphatic heterocycles. The molecule has 1 saturated carbocycles. The number of carbonyl (C=O) groups is 2. The van der Waals surface area contributed by atoms with Gasteiger partial charge in [-0.3, -0.25) is 20.4 Å². The fourth-order valence-electron chi connectivity index (χ4n) is 2.17. The van der Waals surface area contributed by atoms with Gasteiger partial charge in [-0.2, -0.15) is 0 Å². The zero-order chi connectivity index (χ0) is 17.1. The lowest BCUT2D eigenvalue weighted by Gasteiger charge is -2.10. The molecule has 1 aliphatic rings. The zero-order valence-electron chi connectivity index (χ0n) is 13.6. The number of carbonyl (C=O) groups excluding carboxylic acids is 2. The van der Waals surface area contributed by atoms with E-state index in [9.17, 15) is 9.59 Å². The van der Waals surface area contributed by atoms with Crippen molar-refractivity contribution in [2.75, 3.05) is 0 Å². The Labute approximate surface area is 145 Å². The van der Waals surface area contributed by atoms with Crippen LogP contribution < -0.4 is 10.9 Å². The predicted molar refractivity (Wildman–Crippen MR) is 92.6 cm³/mol. The topological polar surface area (TPSA) is 71.1 Å².